The number of carbonyl (C=O) groups excluding carboxylic acids is 2. The number of allylic oxidation sites excluding steroid dienone is 22. The first kappa shape index (κ1) is 80.4. The van der Waals surface area contributed by atoms with Gasteiger partial charge in [-0.15, -0.1) is 0 Å². The third-order valence-electron chi connectivity index (χ3n) is 14.4. The lowest BCUT2D eigenvalue weighted by Gasteiger charge is -2.25. The van der Waals surface area contributed by atoms with E-state index in [1.807, 2.05) is 21.1 Å². The molecule has 0 heterocycles. The number of quaternary nitrogens is 1. The molecule has 0 radical (unpaired) electrons. The molecule has 9 heteroatoms. The highest BCUT2D eigenvalue weighted by atomic mass is 16.7. The molecule has 0 spiro atoms. The molecular formula is C76H128NO8+. The van der Waals surface area contributed by atoms with Crippen molar-refractivity contribution in [2.24, 2.45) is 0 Å². The Bertz CT molecular complexity index is 1860. The Morgan fingerprint density at radius 3 is 1.04 bits per heavy atom. The Balaban J connectivity index is 4.27. The summed E-state index contributed by atoms with van der Waals surface area (Å²) in [5.41, 5.74) is 0. The minimum atomic E-state index is -1.53. The van der Waals surface area contributed by atoms with Gasteiger partial charge in [-0.2, -0.15) is 0 Å². The molecule has 0 saturated heterocycles. The average molecular weight is 1180 g/mol. The van der Waals surface area contributed by atoms with Crippen LogP contribution in [0.3, 0.4) is 0 Å². The Morgan fingerprint density at radius 2 is 0.671 bits per heavy atom. The number of likely N-dealkylation sites (N-methyl/N-ethyl adjacent to an activating group) is 1. The van der Waals surface area contributed by atoms with Crippen LogP contribution in [0.25, 0.3) is 0 Å². The lowest BCUT2D eigenvalue weighted by Crippen LogP contribution is -2.40. The van der Waals surface area contributed by atoms with E-state index in [1.54, 1.807) is 0 Å². The minimum absolute atomic E-state index is 0.173. The van der Waals surface area contributed by atoms with Crippen molar-refractivity contribution >= 4 is 17.9 Å². The molecule has 9 nitrogen and oxygen atoms in total. The van der Waals surface area contributed by atoms with E-state index in [4.69, 9.17) is 18.9 Å². The highest BCUT2D eigenvalue weighted by Gasteiger charge is 2.25. The van der Waals surface area contributed by atoms with Crippen LogP contribution in [0.2, 0.25) is 0 Å². The molecule has 2 atom stereocenters. The Hall–Kier alpha value is -4.57. The monoisotopic (exact) mass is 1180 g/mol. The first-order chi connectivity index (χ1) is 41.6. The summed E-state index contributed by atoms with van der Waals surface area (Å²) in [6.45, 7) is 4.72. The van der Waals surface area contributed by atoms with Gasteiger partial charge < -0.3 is 28.5 Å². The number of carboxylic acid groups (broad SMARTS) is 1. The topological polar surface area (TPSA) is 108 Å². The number of rotatable bonds is 62. The molecule has 0 amide bonds. The lowest BCUT2D eigenvalue weighted by molar-refractivity contribution is -0.870. The standard InChI is InChI=1S/C76H127NO8/c1-6-8-10-12-14-16-18-20-22-24-26-28-30-32-34-35-36-37-38-39-41-43-45-47-49-51-53-55-57-59-61-63-65-67-74(79)85-72(71-84-76(75(80)81)82-69-68-77(3,4)5)70-83-73(78)66-64-62-60-58-56-54-52-50-48-46-44-42-40-33-31-29-27-25-23-21-19-17-15-13-11-9-7-2/h8,10,14,16,20,22,25-28,32,34,36-37,39,41,45,47,51,53,57,59,72,76H,6-7,9,11-13,15,17-19,21,23-24,29-31,33,35,38,40,42-44,46,48-50,52,54-56,58,60-71H2,1-5H3/p+1/b10-8-,16-14-,22-20-,27-25-,28-26-,34-32-,37-36-,41-39-,47-45-,53-51-,59-57-. The molecule has 0 aromatic carbocycles. The molecule has 0 rings (SSSR count). The van der Waals surface area contributed by atoms with Gasteiger partial charge >= 0.3 is 17.9 Å². The zero-order valence-electron chi connectivity index (χ0n) is 55.2. The summed E-state index contributed by atoms with van der Waals surface area (Å²) in [4.78, 5) is 37.6. The van der Waals surface area contributed by atoms with E-state index in [0.717, 1.165) is 96.3 Å². The van der Waals surface area contributed by atoms with Crippen LogP contribution in [-0.2, 0) is 33.3 Å². The van der Waals surface area contributed by atoms with Crippen molar-refractivity contribution < 1.29 is 42.9 Å². The molecular weight excluding hydrogens is 1050 g/mol. The van der Waals surface area contributed by atoms with Gasteiger partial charge in [-0.25, -0.2) is 4.79 Å². The highest BCUT2D eigenvalue weighted by molar-refractivity contribution is 5.71. The van der Waals surface area contributed by atoms with Gasteiger partial charge in [-0.1, -0.05) is 276 Å². The van der Waals surface area contributed by atoms with Crippen molar-refractivity contribution in [1.82, 2.24) is 0 Å². The van der Waals surface area contributed by atoms with Crippen LogP contribution in [0.15, 0.2) is 134 Å². The SMILES string of the molecule is CC/C=C\C/C=C\C/C=C\C/C=C\C/C=C\C/C=C\C/C=C\C/C=C\C/C=C\C/C=C\CCCCC(=O)OC(COC(=O)CCCCCCCCCCCCCCCCC/C=C\CCCCCCCCCC)COC(OCC[N+](C)(C)C)C(=O)O. The third-order valence-corrected chi connectivity index (χ3v) is 14.4. The Kier molecular flexibility index (Phi) is 61.9. The van der Waals surface area contributed by atoms with Crippen LogP contribution in [0.4, 0.5) is 0 Å². The number of hydrogen-bond donors (Lipinski definition) is 1. The van der Waals surface area contributed by atoms with Gasteiger partial charge in [0.15, 0.2) is 6.10 Å². The minimum Gasteiger partial charge on any atom is -0.477 e. The zero-order chi connectivity index (χ0) is 61.9. The van der Waals surface area contributed by atoms with Gasteiger partial charge in [0.2, 0.25) is 0 Å². The number of esters is 2. The molecule has 0 aliphatic rings. The number of nitrogens with zero attached hydrogens (tertiary/aromatic N) is 1. The van der Waals surface area contributed by atoms with E-state index in [2.05, 4.69) is 148 Å². The molecule has 0 bridgehead atoms. The first-order valence-corrected chi connectivity index (χ1v) is 34.3. The largest absolute Gasteiger partial charge is 0.477 e. The van der Waals surface area contributed by atoms with E-state index < -0.39 is 24.3 Å². The maximum atomic E-state index is 12.9. The second kappa shape index (κ2) is 65.4. The number of aliphatic carboxylic acids is 1. The van der Waals surface area contributed by atoms with E-state index in [9.17, 15) is 19.5 Å². The van der Waals surface area contributed by atoms with Crippen molar-refractivity contribution in [2.45, 2.75) is 283 Å². The van der Waals surface area contributed by atoms with E-state index >= 15 is 0 Å². The highest BCUT2D eigenvalue weighted by Crippen LogP contribution is 2.16. The summed E-state index contributed by atoms with van der Waals surface area (Å²) < 4.78 is 22.9. The van der Waals surface area contributed by atoms with Crippen LogP contribution in [0.1, 0.15) is 271 Å². The second-order valence-corrected chi connectivity index (χ2v) is 23.7. The molecule has 0 aromatic heterocycles. The van der Waals surface area contributed by atoms with Crippen molar-refractivity contribution in [3.05, 3.63) is 134 Å². The van der Waals surface area contributed by atoms with Gasteiger partial charge in [-0.05, 0) is 116 Å². The Labute approximate surface area is 522 Å². The van der Waals surface area contributed by atoms with Gasteiger partial charge in [0, 0.05) is 12.8 Å². The van der Waals surface area contributed by atoms with Gasteiger partial charge in [0.1, 0.15) is 13.2 Å². The molecule has 0 saturated carbocycles. The van der Waals surface area contributed by atoms with Crippen LogP contribution in [0.5, 0.6) is 0 Å². The second-order valence-electron chi connectivity index (χ2n) is 23.7. The molecule has 484 valence electrons. The van der Waals surface area contributed by atoms with Crippen molar-refractivity contribution in [3.63, 3.8) is 0 Å². The average Bonchev–Trinajstić information content (AvgIpc) is 3.49. The summed E-state index contributed by atoms with van der Waals surface area (Å²) in [5, 5.41) is 9.74. The van der Waals surface area contributed by atoms with E-state index in [0.29, 0.717) is 17.4 Å². The molecule has 1 N–H and O–H groups in total. The predicted molar refractivity (Wildman–Crippen MR) is 364 cm³/mol. The van der Waals surface area contributed by atoms with Crippen molar-refractivity contribution in [3.8, 4) is 0 Å². The smallest absolute Gasteiger partial charge is 0.361 e. The fraction of sp³-hybridized carbons (Fsp3) is 0.671. The summed E-state index contributed by atoms with van der Waals surface area (Å²) in [5.74, 6) is -2.07. The number of unbranched alkanes of at least 4 members (excludes halogenated alkanes) is 25. The number of carboxylic acids is 1. The van der Waals surface area contributed by atoms with Crippen LogP contribution >= 0.6 is 0 Å². The van der Waals surface area contributed by atoms with Gasteiger partial charge in [0.05, 0.1) is 34.4 Å². The number of hydrogen-bond acceptors (Lipinski definition) is 7. The first-order valence-electron chi connectivity index (χ1n) is 34.3. The fourth-order valence-corrected chi connectivity index (χ4v) is 9.15. The normalized spacial score (nSPS) is 13.6. The molecule has 2 unspecified atom stereocenters. The molecule has 85 heavy (non-hydrogen) atoms. The van der Waals surface area contributed by atoms with Crippen LogP contribution in [0, 0.1) is 0 Å². The van der Waals surface area contributed by atoms with Crippen LogP contribution in [-0.4, -0.2) is 87.4 Å². The third kappa shape index (κ3) is 66.8. The molecule has 0 aliphatic carbocycles. The van der Waals surface area contributed by atoms with Gasteiger partial charge in [0.25, 0.3) is 6.29 Å². The molecule has 0 aliphatic heterocycles. The Morgan fingerprint density at radius 1 is 0.365 bits per heavy atom. The zero-order valence-corrected chi connectivity index (χ0v) is 55.2. The molecule has 0 fully saturated rings. The van der Waals surface area contributed by atoms with E-state index in [1.165, 1.54) is 141 Å². The lowest BCUT2D eigenvalue weighted by atomic mass is 10.0. The predicted octanol–water partition coefficient (Wildman–Crippen LogP) is 21.4. The maximum Gasteiger partial charge on any atom is 0.361 e. The van der Waals surface area contributed by atoms with Crippen LogP contribution < -0.4 is 0 Å². The maximum absolute atomic E-state index is 12.9. The van der Waals surface area contributed by atoms with Crippen molar-refractivity contribution in [1.29, 1.82) is 0 Å². The van der Waals surface area contributed by atoms with Gasteiger partial charge in [-0.3, -0.25) is 9.59 Å². The summed E-state index contributed by atoms with van der Waals surface area (Å²) >= 11 is 0. The van der Waals surface area contributed by atoms with E-state index in [-0.39, 0.29) is 38.6 Å². The summed E-state index contributed by atoms with van der Waals surface area (Å²) in [6, 6.07) is 0. The summed E-state index contributed by atoms with van der Waals surface area (Å²) in [6.07, 6.45) is 91.3. The quantitative estimate of drug-likeness (QED) is 0.0211. The number of ether oxygens (including phenoxy) is 4. The fourth-order valence-electron chi connectivity index (χ4n) is 9.15. The number of carbonyl (C=O) groups is 3. The molecule has 0 aromatic rings. The van der Waals surface area contributed by atoms with Crippen molar-refractivity contribution in [2.75, 3.05) is 47.5 Å². The summed E-state index contributed by atoms with van der Waals surface area (Å²) in [7, 11) is 5.95.